The minimum absolute atomic E-state index is 0.399. The molecule has 2 aliphatic rings. The molecule has 0 heterocycles. The third-order valence-corrected chi connectivity index (χ3v) is 3.22. The van der Waals surface area contributed by atoms with E-state index in [1.165, 1.54) is 30.4 Å². The van der Waals surface area contributed by atoms with E-state index < -0.39 is 0 Å². The van der Waals surface area contributed by atoms with Gasteiger partial charge in [-0.3, -0.25) is 0 Å². The molecule has 0 amide bonds. The highest BCUT2D eigenvalue weighted by atomic mass is 16.3. The number of rotatable bonds is 2. The number of phenolic OH excluding ortho intramolecular Hbond substituents is 1. The molecule has 1 saturated carbocycles. The smallest absolute Gasteiger partial charge is 0.115 e. The van der Waals surface area contributed by atoms with Crippen molar-refractivity contribution in [3.63, 3.8) is 0 Å². The molecule has 1 unspecified atom stereocenters. The van der Waals surface area contributed by atoms with E-state index in [1.54, 1.807) is 6.07 Å². The van der Waals surface area contributed by atoms with Crippen LogP contribution in [0.1, 0.15) is 36.4 Å². The largest absolute Gasteiger partial charge is 0.508 e. The fourth-order valence-corrected chi connectivity index (χ4v) is 2.31. The zero-order valence-corrected chi connectivity index (χ0v) is 8.16. The van der Waals surface area contributed by atoms with Crippen LogP contribution in [0.2, 0.25) is 0 Å². The molecule has 0 aliphatic heterocycles. The standard InChI is InChI=1S/C12H15NO/c14-10-4-5-11-8(7-10)1-6-12(11)13-9-2-3-9/h4-5,7,9,12-14H,1-3,6H2. The minimum Gasteiger partial charge on any atom is -0.508 e. The van der Waals surface area contributed by atoms with Crippen LogP contribution in [0.15, 0.2) is 18.2 Å². The highest BCUT2D eigenvalue weighted by Gasteiger charge is 2.29. The number of hydrogen-bond acceptors (Lipinski definition) is 2. The first kappa shape index (κ1) is 8.30. The van der Waals surface area contributed by atoms with Crippen LogP contribution in [0.5, 0.6) is 5.75 Å². The number of benzene rings is 1. The van der Waals surface area contributed by atoms with Gasteiger partial charge in [0.15, 0.2) is 0 Å². The fraction of sp³-hybridized carbons (Fsp3) is 0.500. The van der Waals surface area contributed by atoms with Gasteiger partial charge in [0.25, 0.3) is 0 Å². The number of aromatic hydroxyl groups is 1. The third kappa shape index (κ3) is 1.40. The Hall–Kier alpha value is -1.02. The average molecular weight is 189 g/mol. The van der Waals surface area contributed by atoms with Gasteiger partial charge in [-0.2, -0.15) is 0 Å². The van der Waals surface area contributed by atoms with Gasteiger partial charge in [-0.1, -0.05) is 6.07 Å². The van der Waals surface area contributed by atoms with Crippen molar-refractivity contribution in [1.29, 1.82) is 0 Å². The van der Waals surface area contributed by atoms with Gasteiger partial charge in [-0.05, 0) is 48.9 Å². The van der Waals surface area contributed by atoms with Crippen molar-refractivity contribution in [3.05, 3.63) is 29.3 Å². The summed E-state index contributed by atoms with van der Waals surface area (Å²) < 4.78 is 0. The van der Waals surface area contributed by atoms with Crippen LogP contribution in [0, 0.1) is 0 Å². The van der Waals surface area contributed by atoms with Crippen LogP contribution in [0.25, 0.3) is 0 Å². The molecule has 0 aromatic heterocycles. The van der Waals surface area contributed by atoms with Gasteiger partial charge in [-0.15, -0.1) is 0 Å². The van der Waals surface area contributed by atoms with Crippen molar-refractivity contribution in [2.24, 2.45) is 0 Å². The summed E-state index contributed by atoms with van der Waals surface area (Å²) >= 11 is 0. The van der Waals surface area contributed by atoms with Crippen LogP contribution in [0.3, 0.4) is 0 Å². The van der Waals surface area contributed by atoms with Gasteiger partial charge >= 0.3 is 0 Å². The molecule has 1 fully saturated rings. The highest BCUT2D eigenvalue weighted by molar-refractivity contribution is 5.40. The molecule has 0 radical (unpaired) electrons. The molecule has 1 atom stereocenters. The quantitative estimate of drug-likeness (QED) is 0.747. The Labute approximate surface area is 84.0 Å². The molecule has 0 spiro atoms. The van der Waals surface area contributed by atoms with Crippen molar-refractivity contribution in [2.75, 3.05) is 0 Å². The van der Waals surface area contributed by atoms with E-state index in [0.29, 0.717) is 11.8 Å². The van der Waals surface area contributed by atoms with E-state index in [1.807, 2.05) is 6.07 Å². The lowest BCUT2D eigenvalue weighted by atomic mass is 10.1. The van der Waals surface area contributed by atoms with Crippen LogP contribution in [-0.4, -0.2) is 11.1 Å². The number of hydrogen-bond donors (Lipinski definition) is 2. The van der Waals surface area contributed by atoms with Crippen molar-refractivity contribution in [3.8, 4) is 5.75 Å². The Kier molecular flexibility index (Phi) is 1.77. The number of phenols is 1. The molecule has 0 bridgehead atoms. The molecular weight excluding hydrogens is 174 g/mol. The van der Waals surface area contributed by atoms with Crippen LogP contribution in [-0.2, 0) is 6.42 Å². The maximum atomic E-state index is 9.36. The second-order valence-corrected chi connectivity index (χ2v) is 4.42. The number of nitrogens with one attached hydrogen (secondary N) is 1. The van der Waals surface area contributed by atoms with Gasteiger partial charge in [-0.25, -0.2) is 0 Å². The second-order valence-electron chi connectivity index (χ2n) is 4.42. The topological polar surface area (TPSA) is 32.3 Å². The first-order chi connectivity index (χ1) is 6.83. The van der Waals surface area contributed by atoms with Gasteiger partial charge in [0.1, 0.15) is 5.75 Å². The van der Waals surface area contributed by atoms with Gasteiger partial charge in [0.2, 0.25) is 0 Å². The van der Waals surface area contributed by atoms with Crippen LogP contribution < -0.4 is 5.32 Å². The molecule has 2 nitrogen and oxygen atoms in total. The Morgan fingerprint density at radius 3 is 2.86 bits per heavy atom. The van der Waals surface area contributed by atoms with Gasteiger partial charge in [0.05, 0.1) is 0 Å². The molecule has 2 heteroatoms. The summed E-state index contributed by atoms with van der Waals surface area (Å²) in [6.45, 7) is 0. The van der Waals surface area contributed by atoms with E-state index >= 15 is 0 Å². The minimum atomic E-state index is 0.399. The van der Waals surface area contributed by atoms with Crippen molar-refractivity contribution in [1.82, 2.24) is 5.32 Å². The zero-order chi connectivity index (χ0) is 9.54. The molecule has 1 aromatic carbocycles. The predicted octanol–water partition coefficient (Wildman–Crippen LogP) is 2.13. The van der Waals surface area contributed by atoms with Gasteiger partial charge in [0, 0.05) is 12.1 Å². The van der Waals surface area contributed by atoms with Crippen molar-refractivity contribution < 1.29 is 5.11 Å². The number of aryl methyl sites for hydroxylation is 1. The summed E-state index contributed by atoms with van der Waals surface area (Å²) in [5, 5.41) is 13.0. The Morgan fingerprint density at radius 2 is 2.07 bits per heavy atom. The average Bonchev–Trinajstić information content (AvgIpc) is 2.89. The Balaban J connectivity index is 1.85. The molecule has 74 valence electrons. The molecule has 2 aliphatic carbocycles. The summed E-state index contributed by atoms with van der Waals surface area (Å²) in [7, 11) is 0. The zero-order valence-electron chi connectivity index (χ0n) is 8.16. The van der Waals surface area contributed by atoms with E-state index in [9.17, 15) is 5.11 Å². The molecule has 14 heavy (non-hydrogen) atoms. The monoisotopic (exact) mass is 189 g/mol. The summed E-state index contributed by atoms with van der Waals surface area (Å²) in [5.74, 6) is 0.399. The van der Waals surface area contributed by atoms with E-state index in [4.69, 9.17) is 0 Å². The second kappa shape index (κ2) is 2.99. The predicted molar refractivity (Wildman–Crippen MR) is 55.3 cm³/mol. The summed E-state index contributed by atoms with van der Waals surface area (Å²) in [6.07, 6.45) is 4.97. The van der Waals surface area contributed by atoms with Crippen LogP contribution in [0.4, 0.5) is 0 Å². The lowest BCUT2D eigenvalue weighted by Crippen LogP contribution is -2.21. The summed E-state index contributed by atoms with van der Waals surface area (Å²) in [4.78, 5) is 0. The Bertz CT molecular complexity index is 357. The lowest BCUT2D eigenvalue weighted by Gasteiger charge is -2.12. The lowest BCUT2D eigenvalue weighted by molar-refractivity contribution is 0.474. The fourth-order valence-electron chi connectivity index (χ4n) is 2.31. The maximum absolute atomic E-state index is 9.36. The SMILES string of the molecule is Oc1ccc2c(c1)CCC2NC1CC1. The van der Waals surface area contributed by atoms with E-state index in [2.05, 4.69) is 11.4 Å². The van der Waals surface area contributed by atoms with Crippen molar-refractivity contribution >= 4 is 0 Å². The summed E-state index contributed by atoms with van der Waals surface area (Å²) in [6, 6.07) is 7.07. The first-order valence-corrected chi connectivity index (χ1v) is 5.41. The summed E-state index contributed by atoms with van der Waals surface area (Å²) in [5.41, 5.74) is 2.72. The third-order valence-electron chi connectivity index (χ3n) is 3.22. The molecule has 2 N–H and O–H groups in total. The molecule has 1 aromatic rings. The highest BCUT2D eigenvalue weighted by Crippen LogP contribution is 2.35. The van der Waals surface area contributed by atoms with E-state index in [0.717, 1.165) is 12.5 Å². The molecule has 3 rings (SSSR count). The Morgan fingerprint density at radius 1 is 1.21 bits per heavy atom. The van der Waals surface area contributed by atoms with E-state index in [-0.39, 0.29) is 0 Å². The number of fused-ring (bicyclic) bond motifs is 1. The first-order valence-electron chi connectivity index (χ1n) is 5.41. The van der Waals surface area contributed by atoms with Crippen LogP contribution >= 0.6 is 0 Å². The van der Waals surface area contributed by atoms with Crippen molar-refractivity contribution in [2.45, 2.75) is 37.8 Å². The van der Waals surface area contributed by atoms with Gasteiger partial charge < -0.3 is 10.4 Å². The normalized spacial score (nSPS) is 25.0. The molecule has 0 saturated heterocycles. The molecular formula is C12H15NO. The maximum Gasteiger partial charge on any atom is 0.115 e.